The minimum Gasteiger partial charge on any atom is -0.387 e. The molecule has 1 heterocycles. The lowest BCUT2D eigenvalue weighted by molar-refractivity contribution is 0.0774. The second-order valence-electron chi connectivity index (χ2n) is 7.38. The summed E-state index contributed by atoms with van der Waals surface area (Å²) in [6, 6.07) is 20.0. The highest BCUT2D eigenvalue weighted by atomic mass is 16.3. The molecule has 0 bridgehead atoms. The molecule has 1 aliphatic carbocycles. The number of nitrogens with zero attached hydrogens (tertiary/aromatic N) is 1. The van der Waals surface area contributed by atoms with E-state index in [9.17, 15) is 5.11 Å². The van der Waals surface area contributed by atoms with E-state index in [4.69, 9.17) is 0 Å². The van der Waals surface area contributed by atoms with Crippen LogP contribution in [0.1, 0.15) is 54.4 Å². The third-order valence-corrected chi connectivity index (χ3v) is 5.97. The van der Waals surface area contributed by atoms with Gasteiger partial charge < -0.3 is 5.11 Å². The minimum absolute atomic E-state index is 0.337. The van der Waals surface area contributed by atoms with E-state index in [0.29, 0.717) is 6.04 Å². The molecule has 0 spiro atoms. The lowest BCUT2D eigenvalue weighted by Gasteiger charge is -2.37. The Bertz CT molecular complexity index is 661. The molecule has 126 valence electrons. The first-order valence-electron chi connectivity index (χ1n) is 9.36. The van der Waals surface area contributed by atoms with Gasteiger partial charge in [0, 0.05) is 19.1 Å². The second kappa shape index (κ2) is 7.08. The molecule has 0 saturated heterocycles. The van der Waals surface area contributed by atoms with Gasteiger partial charge in [0.15, 0.2) is 0 Å². The van der Waals surface area contributed by atoms with Crippen molar-refractivity contribution in [3.8, 4) is 0 Å². The summed E-state index contributed by atoms with van der Waals surface area (Å²) in [5, 5.41) is 10.6. The van der Waals surface area contributed by atoms with Gasteiger partial charge in [-0.3, -0.25) is 4.90 Å². The van der Waals surface area contributed by atoms with Crippen LogP contribution in [0.15, 0.2) is 54.6 Å². The Morgan fingerprint density at radius 1 is 0.833 bits per heavy atom. The first kappa shape index (κ1) is 15.9. The monoisotopic (exact) mass is 321 g/mol. The van der Waals surface area contributed by atoms with E-state index < -0.39 is 0 Å². The topological polar surface area (TPSA) is 23.5 Å². The largest absolute Gasteiger partial charge is 0.387 e. The molecular weight excluding hydrogens is 294 g/mol. The van der Waals surface area contributed by atoms with Crippen molar-refractivity contribution in [2.24, 2.45) is 0 Å². The minimum atomic E-state index is -0.337. The summed E-state index contributed by atoms with van der Waals surface area (Å²) in [4.78, 5) is 2.55. The average molecular weight is 321 g/mol. The van der Waals surface area contributed by atoms with Gasteiger partial charge in [-0.25, -0.2) is 0 Å². The highest BCUT2D eigenvalue weighted by Gasteiger charge is 2.30. The Balaban J connectivity index is 1.40. The third kappa shape index (κ3) is 3.26. The van der Waals surface area contributed by atoms with Crippen molar-refractivity contribution in [3.63, 3.8) is 0 Å². The number of hydrogen-bond acceptors (Lipinski definition) is 2. The number of rotatable bonds is 2. The molecule has 1 N–H and O–H groups in total. The maximum Gasteiger partial charge on any atom is 0.0919 e. The Labute approximate surface area is 145 Å². The summed E-state index contributed by atoms with van der Waals surface area (Å²) in [7, 11) is 0. The lowest BCUT2D eigenvalue weighted by Crippen LogP contribution is -2.40. The maximum absolute atomic E-state index is 10.6. The quantitative estimate of drug-likeness (QED) is 0.891. The molecule has 2 heteroatoms. The number of β-amino-alcohol motifs (C(OH)–C–C–N with tert-alkyl or cyclic N) is 1. The molecule has 1 saturated carbocycles. The molecule has 2 aromatic carbocycles. The van der Waals surface area contributed by atoms with E-state index in [0.717, 1.165) is 31.0 Å². The van der Waals surface area contributed by atoms with Gasteiger partial charge in [0.1, 0.15) is 0 Å². The van der Waals surface area contributed by atoms with Crippen molar-refractivity contribution >= 4 is 0 Å². The molecule has 2 aliphatic rings. The fourth-order valence-electron chi connectivity index (χ4n) is 4.59. The molecule has 0 aromatic heterocycles. The SMILES string of the molecule is OC1CN(C2CCC(c3ccccc3)CC2)CCc2ccccc21. The molecule has 0 amide bonds. The van der Waals surface area contributed by atoms with Crippen molar-refractivity contribution in [2.75, 3.05) is 13.1 Å². The summed E-state index contributed by atoms with van der Waals surface area (Å²) < 4.78 is 0. The second-order valence-corrected chi connectivity index (χ2v) is 7.38. The molecule has 1 aliphatic heterocycles. The Morgan fingerprint density at radius 3 is 2.33 bits per heavy atom. The van der Waals surface area contributed by atoms with Gasteiger partial charge >= 0.3 is 0 Å². The lowest BCUT2D eigenvalue weighted by atomic mass is 9.81. The molecule has 24 heavy (non-hydrogen) atoms. The molecule has 1 fully saturated rings. The highest BCUT2D eigenvalue weighted by Crippen LogP contribution is 2.36. The van der Waals surface area contributed by atoms with Gasteiger partial charge in [-0.15, -0.1) is 0 Å². The summed E-state index contributed by atoms with van der Waals surface area (Å²) >= 11 is 0. The zero-order valence-electron chi connectivity index (χ0n) is 14.3. The molecule has 0 radical (unpaired) electrons. The average Bonchev–Trinajstić information content (AvgIpc) is 2.82. The van der Waals surface area contributed by atoms with Crippen LogP contribution in [-0.4, -0.2) is 29.1 Å². The van der Waals surface area contributed by atoms with Crippen LogP contribution in [0.4, 0.5) is 0 Å². The Morgan fingerprint density at radius 2 is 1.54 bits per heavy atom. The number of fused-ring (bicyclic) bond motifs is 1. The molecule has 1 unspecified atom stereocenters. The van der Waals surface area contributed by atoms with Crippen LogP contribution in [0.5, 0.6) is 0 Å². The van der Waals surface area contributed by atoms with Gasteiger partial charge in [0.05, 0.1) is 6.10 Å². The van der Waals surface area contributed by atoms with Crippen molar-refractivity contribution in [2.45, 2.75) is 50.2 Å². The van der Waals surface area contributed by atoms with Crippen LogP contribution in [0, 0.1) is 0 Å². The first-order valence-corrected chi connectivity index (χ1v) is 9.36. The van der Waals surface area contributed by atoms with E-state index in [1.165, 1.54) is 36.8 Å². The van der Waals surface area contributed by atoms with Gasteiger partial charge in [0.25, 0.3) is 0 Å². The van der Waals surface area contributed by atoms with E-state index in [1.54, 1.807) is 0 Å². The van der Waals surface area contributed by atoms with Crippen molar-refractivity contribution in [3.05, 3.63) is 71.3 Å². The summed E-state index contributed by atoms with van der Waals surface area (Å²) in [6.45, 7) is 1.87. The summed E-state index contributed by atoms with van der Waals surface area (Å²) in [6.07, 6.45) is 5.77. The molecular formula is C22H27NO. The fourth-order valence-corrected chi connectivity index (χ4v) is 4.59. The molecule has 4 rings (SSSR count). The molecule has 2 aromatic rings. The summed E-state index contributed by atoms with van der Waals surface area (Å²) in [5.41, 5.74) is 3.96. The highest BCUT2D eigenvalue weighted by molar-refractivity contribution is 5.30. The Kier molecular flexibility index (Phi) is 4.68. The van der Waals surface area contributed by atoms with E-state index in [2.05, 4.69) is 53.4 Å². The van der Waals surface area contributed by atoms with E-state index >= 15 is 0 Å². The van der Waals surface area contributed by atoms with Crippen LogP contribution >= 0.6 is 0 Å². The van der Waals surface area contributed by atoms with Gasteiger partial charge in [-0.05, 0) is 54.7 Å². The summed E-state index contributed by atoms with van der Waals surface area (Å²) in [5.74, 6) is 0.719. The zero-order chi connectivity index (χ0) is 16.4. The predicted molar refractivity (Wildman–Crippen MR) is 98.1 cm³/mol. The molecule has 2 nitrogen and oxygen atoms in total. The Hall–Kier alpha value is -1.64. The van der Waals surface area contributed by atoms with Gasteiger partial charge in [-0.2, -0.15) is 0 Å². The normalized spacial score (nSPS) is 28.1. The zero-order valence-corrected chi connectivity index (χ0v) is 14.3. The van der Waals surface area contributed by atoms with Crippen LogP contribution < -0.4 is 0 Å². The van der Waals surface area contributed by atoms with E-state index in [1.807, 2.05) is 6.07 Å². The van der Waals surface area contributed by atoms with Crippen molar-refractivity contribution in [1.29, 1.82) is 0 Å². The van der Waals surface area contributed by atoms with Crippen LogP contribution in [0.3, 0.4) is 0 Å². The number of hydrogen-bond donors (Lipinski definition) is 1. The first-order chi connectivity index (χ1) is 11.8. The van der Waals surface area contributed by atoms with E-state index in [-0.39, 0.29) is 6.10 Å². The number of aliphatic hydroxyl groups excluding tert-OH is 1. The number of benzene rings is 2. The fraction of sp³-hybridized carbons (Fsp3) is 0.455. The molecule has 1 atom stereocenters. The van der Waals surface area contributed by atoms with Crippen LogP contribution in [0.2, 0.25) is 0 Å². The standard InChI is InChI=1S/C22H27NO/c24-22-16-23(15-14-19-8-4-5-9-21(19)22)20-12-10-18(11-13-20)17-6-2-1-3-7-17/h1-9,18,20,22,24H,10-16H2. The third-order valence-electron chi connectivity index (χ3n) is 5.97. The van der Waals surface area contributed by atoms with Crippen LogP contribution in [0.25, 0.3) is 0 Å². The van der Waals surface area contributed by atoms with Crippen LogP contribution in [-0.2, 0) is 6.42 Å². The smallest absolute Gasteiger partial charge is 0.0919 e. The van der Waals surface area contributed by atoms with Crippen molar-refractivity contribution < 1.29 is 5.11 Å². The maximum atomic E-state index is 10.6. The predicted octanol–water partition coefficient (Wildman–Crippen LogP) is 4.30. The van der Waals surface area contributed by atoms with Gasteiger partial charge in [0.2, 0.25) is 0 Å². The van der Waals surface area contributed by atoms with Gasteiger partial charge in [-0.1, -0.05) is 54.6 Å². The number of aliphatic hydroxyl groups is 1. The van der Waals surface area contributed by atoms with Crippen molar-refractivity contribution in [1.82, 2.24) is 4.90 Å².